The summed E-state index contributed by atoms with van der Waals surface area (Å²) >= 11 is 0. The molecule has 8 nitrogen and oxygen atoms in total. The number of aromatic nitrogens is 2. The van der Waals surface area contributed by atoms with Crippen molar-refractivity contribution in [2.45, 2.75) is 39.7 Å². The van der Waals surface area contributed by atoms with Crippen LogP contribution < -0.4 is 5.32 Å². The van der Waals surface area contributed by atoms with Gasteiger partial charge in [0.25, 0.3) is 5.91 Å². The number of carbonyl (C=O) groups is 1. The van der Waals surface area contributed by atoms with Gasteiger partial charge in [-0.25, -0.2) is 0 Å². The normalized spacial score (nSPS) is 13.9. The zero-order chi connectivity index (χ0) is 23.0. The number of hydrogen-bond acceptors (Lipinski definition) is 7. The van der Waals surface area contributed by atoms with Crippen molar-refractivity contribution in [1.82, 2.24) is 20.4 Å². The molecular weight excluding hydrogens is 408 g/mol. The predicted octanol–water partition coefficient (Wildman–Crippen LogP) is 3.68. The van der Waals surface area contributed by atoms with Gasteiger partial charge in [0.2, 0.25) is 0 Å². The molecule has 0 saturated heterocycles. The summed E-state index contributed by atoms with van der Waals surface area (Å²) in [6, 6.07) is 6.84. The number of carbonyl (C=O) groups excluding carboxylic acids is 1. The summed E-state index contributed by atoms with van der Waals surface area (Å²) < 4.78 is 5.62. The summed E-state index contributed by atoms with van der Waals surface area (Å²) in [6.45, 7) is 7.87. The summed E-state index contributed by atoms with van der Waals surface area (Å²) in [4.78, 5) is 19.8. The maximum atomic E-state index is 12.8. The van der Waals surface area contributed by atoms with Gasteiger partial charge in [-0.2, -0.15) is 0 Å². The van der Waals surface area contributed by atoms with Gasteiger partial charge in [-0.15, -0.1) is 0 Å². The van der Waals surface area contributed by atoms with Crippen molar-refractivity contribution < 1.29 is 19.5 Å². The molecule has 3 heterocycles. The quantitative estimate of drug-likeness (QED) is 0.559. The predicted molar refractivity (Wildman–Crippen MR) is 121 cm³/mol. The van der Waals surface area contributed by atoms with E-state index < -0.39 is 0 Å². The molecule has 2 aromatic heterocycles. The van der Waals surface area contributed by atoms with Crippen LogP contribution in [0.25, 0.3) is 22.6 Å². The Labute approximate surface area is 186 Å². The van der Waals surface area contributed by atoms with Gasteiger partial charge in [0.05, 0.1) is 16.8 Å². The molecule has 3 aromatic rings. The molecule has 0 unspecified atom stereocenters. The Kier molecular flexibility index (Phi) is 5.88. The minimum absolute atomic E-state index is 0.00212. The van der Waals surface area contributed by atoms with Crippen LogP contribution >= 0.6 is 0 Å². The van der Waals surface area contributed by atoms with Crippen LogP contribution in [-0.4, -0.2) is 51.3 Å². The lowest BCUT2D eigenvalue weighted by molar-refractivity contribution is 0.0947. The Hall–Kier alpha value is -3.39. The van der Waals surface area contributed by atoms with E-state index in [1.165, 1.54) is 6.07 Å². The molecule has 1 aliphatic heterocycles. The Morgan fingerprint density at radius 1 is 1.25 bits per heavy atom. The van der Waals surface area contributed by atoms with E-state index in [1.54, 1.807) is 6.07 Å². The first kappa shape index (κ1) is 21.8. The smallest absolute Gasteiger partial charge is 0.274 e. The largest absolute Gasteiger partial charge is 0.508 e. The van der Waals surface area contributed by atoms with Crippen molar-refractivity contribution in [1.29, 1.82) is 0 Å². The molecular formula is C24H28N4O4. The lowest BCUT2D eigenvalue weighted by Gasteiger charge is -2.24. The molecule has 0 spiro atoms. The molecule has 8 heteroatoms. The number of phenolic OH excluding ortho intramolecular Hbond substituents is 2. The fraction of sp³-hybridized carbons (Fsp3) is 0.375. The fourth-order valence-electron chi connectivity index (χ4n) is 4.05. The molecule has 0 fully saturated rings. The Balaban J connectivity index is 1.92. The van der Waals surface area contributed by atoms with Crippen molar-refractivity contribution in [3.8, 4) is 34.1 Å². The first-order valence-corrected chi connectivity index (χ1v) is 10.8. The number of benzene rings is 1. The van der Waals surface area contributed by atoms with Gasteiger partial charge in [0.15, 0.2) is 11.5 Å². The van der Waals surface area contributed by atoms with Gasteiger partial charge in [0, 0.05) is 37.8 Å². The van der Waals surface area contributed by atoms with E-state index in [0.29, 0.717) is 28.9 Å². The van der Waals surface area contributed by atoms with Gasteiger partial charge >= 0.3 is 0 Å². The molecule has 0 radical (unpaired) electrons. The number of rotatable bonds is 5. The molecule has 1 amide bonds. The second-order valence-corrected chi connectivity index (χ2v) is 8.47. The van der Waals surface area contributed by atoms with Crippen molar-refractivity contribution in [2.24, 2.45) is 0 Å². The fourth-order valence-corrected chi connectivity index (χ4v) is 4.05. The molecule has 4 rings (SSSR count). The Morgan fingerprint density at radius 3 is 2.75 bits per heavy atom. The van der Waals surface area contributed by atoms with Crippen LogP contribution in [0.3, 0.4) is 0 Å². The first-order chi connectivity index (χ1) is 15.3. The van der Waals surface area contributed by atoms with E-state index in [1.807, 2.05) is 32.9 Å². The van der Waals surface area contributed by atoms with E-state index in [2.05, 4.69) is 22.4 Å². The zero-order valence-electron chi connectivity index (χ0n) is 18.8. The number of fused-ring (bicyclic) bond motifs is 1. The maximum Gasteiger partial charge on any atom is 0.274 e. The highest BCUT2D eigenvalue weighted by Crippen LogP contribution is 2.42. The van der Waals surface area contributed by atoms with Gasteiger partial charge in [-0.05, 0) is 43.1 Å². The third-order valence-electron chi connectivity index (χ3n) is 5.75. The lowest BCUT2D eigenvalue weighted by atomic mass is 9.95. The molecule has 32 heavy (non-hydrogen) atoms. The molecule has 3 N–H and O–H groups in total. The van der Waals surface area contributed by atoms with Gasteiger partial charge < -0.3 is 25.0 Å². The van der Waals surface area contributed by atoms with E-state index in [-0.39, 0.29) is 34.8 Å². The highest BCUT2D eigenvalue weighted by Gasteiger charge is 2.28. The van der Waals surface area contributed by atoms with Crippen molar-refractivity contribution in [3.63, 3.8) is 0 Å². The second-order valence-electron chi connectivity index (χ2n) is 8.47. The lowest BCUT2D eigenvalue weighted by Crippen LogP contribution is -2.27. The number of nitrogens with zero attached hydrogens (tertiary/aromatic N) is 3. The Morgan fingerprint density at radius 2 is 2.03 bits per heavy atom. The van der Waals surface area contributed by atoms with E-state index in [0.717, 1.165) is 30.8 Å². The van der Waals surface area contributed by atoms with Crippen LogP contribution in [0.4, 0.5) is 0 Å². The third-order valence-corrected chi connectivity index (χ3v) is 5.75. The highest BCUT2D eigenvalue weighted by molar-refractivity contribution is 6.02. The van der Waals surface area contributed by atoms with E-state index >= 15 is 0 Å². The molecule has 0 aliphatic carbocycles. The van der Waals surface area contributed by atoms with Crippen LogP contribution in [0, 0.1) is 0 Å². The van der Waals surface area contributed by atoms with Gasteiger partial charge in [0.1, 0.15) is 11.5 Å². The van der Waals surface area contributed by atoms with Crippen LogP contribution in [0.2, 0.25) is 0 Å². The standard InChI is InChI=1S/C24H28N4O4/c1-5-25-24(31)22-21(18-7-6-14-12-28(4)9-8-17(14)26-18)23(32-27-22)16-10-15(13(2)3)19(29)11-20(16)30/h6-7,10-11,13,29-30H,5,8-9,12H2,1-4H3,(H,25,31). The van der Waals surface area contributed by atoms with Crippen LogP contribution in [0.5, 0.6) is 11.5 Å². The first-order valence-electron chi connectivity index (χ1n) is 10.8. The second kappa shape index (κ2) is 8.63. The van der Waals surface area contributed by atoms with Crippen LogP contribution in [0.15, 0.2) is 28.8 Å². The van der Waals surface area contributed by atoms with Crippen molar-refractivity contribution in [3.05, 3.63) is 46.8 Å². The topological polar surface area (TPSA) is 112 Å². The summed E-state index contributed by atoms with van der Waals surface area (Å²) in [7, 11) is 2.07. The average Bonchev–Trinajstić information content (AvgIpc) is 3.18. The number of amides is 1. The maximum absolute atomic E-state index is 12.8. The minimum atomic E-state index is -0.376. The SMILES string of the molecule is CCNC(=O)c1noc(-c2cc(C(C)C)c(O)cc2O)c1-c1ccc2c(n1)CCN(C)C2. The Bertz CT molecular complexity index is 1170. The van der Waals surface area contributed by atoms with Crippen molar-refractivity contribution in [2.75, 3.05) is 20.1 Å². The van der Waals surface area contributed by atoms with E-state index in [4.69, 9.17) is 9.51 Å². The molecule has 1 aromatic carbocycles. The van der Waals surface area contributed by atoms with Crippen LogP contribution in [-0.2, 0) is 13.0 Å². The molecule has 1 aliphatic rings. The van der Waals surface area contributed by atoms with Gasteiger partial charge in [-0.3, -0.25) is 9.78 Å². The molecule has 0 saturated carbocycles. The number of pyridine rings is 1. The summed E-state index contributed by atoms with van der Waals surface area (Å²) in [6.07, 6.45) is 0.804. The number of aromatic hydroxyl groups is 2. The van der Waals surface area contributed by atoms with E-state index in [9.17, 15) is 15.0 Å². The number of nitrogens with one attached hydrogen (secondary N) is 1. The number of hydrogen-bond donors (Lipinski definition) is 3. The zero-order valence-corrected chi connectivity index (χ0v) is 18.8. The third kappa shape index (κ3) is 3.93. The molecule has 0 atom stereocenters. The number of phenols is 2. The minimum Gasteiger partial charge on any atom is -0.508 e. The highest BCUT2D eigenvalue weighted by atomic mass is 16.5. The molecule has 0 bridgehead atoms. The number of likely N-dealkylation sites (N-methyl/N-ethyl adjacent to an activating group) is 1. The monoisotopic (exact) mass is 436 g/mol. The summed E-state index contributed by atoms with van der Waals surface area (Å²) in [5.74, 6) is -0.277. The summed E-state index contributed by atoms with van der Waals surface area (Å²) in [5.41, 5.74) is 4.23. The van der Waals surface area contributed by atoms with Crippen LogP contribution in [0.1, 0.15) is 54.0 Å². The van der Waals surface area contributed by atoms with Crippen molar-refractivity contribution >= 4 is 5.91 Å². The molecule has 168 valence electrons. The summed E-state index contributed by atoms with van der Waals surface area (Å²) in [5, 5.41) is 27.7. The van der Waals surface area contributed by atoms with Gasteiger partial charge in [-0.1, -0.05) is 25.1 Å². The average molecular weight is 437 g/mol.